The highest BCUT2D eigenvalue weighted by Crippen LogP contribution is 2.37. The molecule has 0 aromatic heterocycles. The van der Waals surface area contributed by atoms with Crippen LogP contribution >= 0.6 is 27.7 Å². The number of rotatable bonds is 5. The summed E-state index contributed by atoms with van der Waals surface area (Å²) in [5.41, 5.74) is 2.15. The number of thioether (sulfide) groups is 1. The molecule has 0 bridgehead atoms. The highest BCUT2D eigenvalue weighted by Gasteiger charge is 2.30. The van der Waals surface area contributed by atoms with Crippen molar-refractivity contribution in [2.75, 3.05) is 25.9 Å². The van der Waals surface area contributed by atoms with Crippen LogP contribution in [-0.4, -0.2) is 41.6 Å². The van der Waals surface area contributed by atoms with E-state index in [1.54, 1.807) is 23.9 Å². The Labute approximate surface area is 160 Å². The average Bonchev–Trinajstić information content (AvgIpc) is 3.07. The van der Waals surface area contributed by atoms with Gasteiger partial charge in [0.05, 0.1) is 6.54 Å². The van der Waals surface area contributed by atoms with Gasteiger partial charge in [-0.05, 0) is 42.4 Å². The van der Waals surface area contributed by atoms with Crippen LogP contribution < -0.4 is 0 Å². The van der Waals surface area contributed by atoms with Gasteiger partial charge in [-0.2, -0.15) is 0 Å². The Morgan fingerprint density at radius 2 is 1.92 bits per heavy atom. The SMILES string of the molecule is CN(CC(=O)N1CCS[C@@H]1c1ccc(F)cc1)Cc1ccc(Br)cc1. The van der Waals surface area contributed by atoms with E-state index < -0.39 is 0 Å². The Hall–Kier alpha value is -1.37. The minimum atomic E-state index is -0.251. The standard InChI is InChI=1S/C19H20BrFN2OS/c1-22(12-14-2-6-16(20)7-3-14)13-18(24)23-10-11-25-19(23)15-4-8-17(21)9-5-15/h2-9,19H,10-13H2,1H3/t19-/m1/s1. The van der Waals surface area contributed by atoms with E-state index in [-0.39, 0.29) is 17.1 Å². The van der Waals surface area contributed by atoms with E-state index in [1.807, 2.05) is 29.0 Å². The molecule has 0 saturated carbocycles. The molecule has 0 N–H and O–H groups in total. The van der Waals surface area contributed by atoms with Gasteiger partial charge in [0.1, 0.15) is 11.2 Å². The molecule has 6 heteroatoms. The zero-order valence-corrected chi connectivity index (χ0v) is 16.4. The van der Waals surface area contributed by atoms with E-state index >= 15 is 0 Å². The van der Waals surface area contributed by atoms with Gasteiger partial charge in [-0.15, -0.1) is 11.8 Å². The highest BCUT2D eigenvalue weighted by molar-refractivity contribution is 9.10. The van der Waals surface area contributed by atoms with Crippen LogP contribution in [0.25, 0.3) is 0 Å². The van der Waals surface area contributed by atoms with E-state index in [9.17, 15) is 9.18 Å². The number of nitrogens with zero attached hydrogens (tertiary/aromatic N) is 2. The van der Waals surface area contributed by atoms with Crippen molar-refractivity contribution in [1.82, 2.24) is 9.80 Å². The first-order valence-electron chi connectivity index (χ1n) is 8.12. The van der Waals surface area contributed by atoms with E-state index in [4.69, 9.17) is 0 Å². The second-order valence-electron chi connectivity index (χ2n) is 6.16. The van der Waals surface area contributed by atoms with Crippen LogP contribution in [0.1, 0.15) is 16.5 Å². The topological polar surface area (TPSA) is 23.6 Å². The van der Waals surface area contributed by atoms with E-state index in [2.05, 4.69) is 28.1 Å². The highest BCUT2D eigenvalue weighted by atomic mass is 79.9. The van der Waals surface area contributed by atoms with Crippen molar-refractivity contribution in [3.63, 3.8) is 0 Å². The van der Waals surface area contributed by atoms with Gasteiger partial charge >= 0.3 is 0 Å². The maximum absolute atomic E-state index is 13.1. The quantitative estimate of drug-likeness (QED) is 0.717. The van der Waals surface area contributed by atoms with Crippen molar-refractivity contribution in [3.05, 3.63) is 69.9 Å². The summed E-state index contributed by atoms with van der Waals surface area (Å²) in [6, 6.07) is 14.6. The summed E-state index contributed by atoms with van der Waals surface area (Å²) in [7, 11) is 1.95. The van der Waals surface area contributed by atoms with Crippen LogP contribution in [0.3, 0.4) is 0 Å². The largest absolute Gasteiger partial charge is 0.325 e. The minimum absolute atomic E-state index is 0.0193. The molecule has 3 nitrogen and oxygen atoms in total. The molecule has 1 amide bonds. The van der Waals surface area contributed by atoms with Gasteiger partial charge in [0.2, 0.25) is 5.91 Å². The smallest absolute Gasteiger partial charge is 0.237 e. The second kappa shape index (κ2) is 8.34. The molecule has 1 aliphatic heterocycles. The maximum atomic E-state index is 13.1. The van der Waals surface area contributed by atoms with Crippen LogP contribution in [0.2, 0.25) is 0 Å². The fourth-order valence-electron chi connectivity index (χ4n) is 2.91. The molecule has 2 aromatic rings. The summed E-state index contributed by atoms with van der Waals surface area (Å²) in [4.78, 5) is 16.7. The van der Waals surface area contributed by atoms with Crippen molar-refractivity contribution in [2.24, 2.45) is 0 Å². The molecule has 0 spiro atoms. The summed E-state index contributed by atoms with van der Waals surface area (Å²) in [6.07, 6.45) is 0. The number of carbonyl (C=O) groups excluding carboxylic acids is 1. The van der Waals surface area contributed by atoms with Crippen molar-refractivity contribution >= 4 is 33.6 Å². The molecule has 1 fully saturated rings. The van der Waals surface area contributed by atoms with E-state index in [0.717, 1.165) is 28.9 Å². The fourth-order valence-corrected chi connectivity index (χ4v) is 4.45. The number of halogens is 2. The predicted molar refractivity (Wildman–Crippen MR) is 104 cm³/mol. The molecule has 1 aliphatic rings. The Morgan fingerprint density at radius 3 is 2.60 bits per heavy atom. The summed E-state index contributed by atoms with van der Waals surface area (Å²) in [5, 5.41) is -0.0193. The lowest BCUT2D eigenvalue weighted by Crippen LogP contribution is -2.38. The van der Waals surface area contributed by atoms with Gasteiger partial charge in [0, 0.05) is 23.3 Å². The lowest BCUT2D eigenvalue weighted by molar-refractivity contribution is -0.132. The number of benzene rings is 2. The zero-order valence-electron chi connectivity index (χ0n) is 14.0. The number of likely N-dealkylation sites (N-methyl/N-ethyl adjacent to an activating group) is 1. The van der Waals surface area contributed by atoms with Crippen LogP contribution in [0.15, 0.2) is 53.0 Å². The third-order valence-electron chi connectivity index (χ3n) is 4.14. The summed E-state index contributed by atoms with van der Waals surface area (Å²) in [6.45, 7) is 1.83. The van der Waals surface area contributed by atoms with Crippen LogP contribution in [0.4, 0.5) is 4.39 Å². The normalized spacial score (nSPS) is 17.3. The molecule has 1 saturated heterocycles. The molecule has 0 aliphatic carbocycles. The first-order valence-corrected chi connectivity index (χ1v) is 9.96. The van der Waals surface area contributed by atoms with Crippen LogP contribution in [0, 0.1) is 5.82 Å². The van der Waals surface area contributed by atoms with E-state index in [1.165, 1.54) is 17.7 Å². The van der Waals surface area contributed by atoms with Crippen molar-refractivity contribution in [2.45, 2.75) is 11.9 Å². The lowest BCUT2D eigenvalue weighted by atomic mass is 10.2. The molecule has 1 heterocycles. The molecule has 3 rings (SSSR count). The van der Waals surface area contributed by atoms with Crippen LogP contribution in [0.5, 0.6) is 0 Å². The number of amides is 1. The van der Waals surface area contributed by atoms with Crippen molar-refractivity contribution in [1.29, 1.82) is 0 Å². The minimum Gasteiger partial charge on any atom is -0.325 e. The molecule has 1 atom stereocenters. The summed E-state index contributed by atoms with van der Waals surface area (Å²) < 4.78 is 14.2. The molecule has 0 radical (unpaired) electrons. The summed E-state index contributed by atoms with van der Waals surface area (Å²) >= 11 is 5.16. The van der Waals surface area contributed by atoms with Gasteiger partial charge in [0.25, 0.3) is 0 Å². The Kier molecular flexibility index (Phi) is 6.15. The Morgan fingerprint density at radius 1 is 1.24 bits per heavy atom. The lowest BCUT2D eigenvalue weighted by Gasteiger charge is -2.26. The van der Waals surface area contributed by atoms with E-state index in [0.29, 0.717) is 6.54 Å². The fraction of sp³-hybridized carbons (Fsp3) is 0.316. The van der Waals surface area contributed by atoms with Gasteiger partial charge in [0.15, 0.2) is 0 Å². The summed E-state index contributed by atoms with van der Waals surface area (Å²) in [5.74, 6) is 0.766. The molecule has 0 unspecified atom stereocenters. The second-order valence-corrected chi connectivity index (χ2v) is 8.26. The molecule has 132 valence electrons. The van der Waals surface area contributed by atoms with Crippen LogP contribution in [-0.2, 0) is 11.3 Å². The average molecular weight is 423 g/mol. The van der Waals surface area contributed by atoms with Crippen molar-refractivity contribution in [3.8, 4) is 0 Å². The molecular weight excluding hydrogens is 403 g/mol. The zero-order chi connectivity index (χ0) is 17.8. The first-order chi connectivity index (χ1) is 12.0. The number of hydrogen-bond donors (Lipinski definition) is 0. The van der Waals surface area contributed by atoms with Gasteiger partial charge in [-0.25, -0.2) is 4.39 Å². The monoisotopic (exact) mass is 422 g/mol. The third kappa shape index (κ3) is 4.84. The van der Waals surface area contributed by atoms with Gasteiger partial charge < -0.3 is 4.90 Å². The van der Waals surface area contributed by atoms with Gasteiger partial charge in [-0.3, -0.25) is 9.69 Å². The molecular formula is C19H20BrFN2OS. The van der Waals surface area contributed by atoms with Crippen molar-refractivity contribution < 1.29 is 9.18 Å². The van der Waals surface area contributed by atoms with Gasteiger partial charge in [-0.1, -0.05) is 40.2 Å². The number of hydrogen-bond acceptors (Lipinski definition) is 3. The molecule has 25 heavy (non-hydrogen) atoms. The molecule has 2 aromatic carbocycles. The Bertz CT molecular complexity index is 723. The third-order valence-corrected chi connectivity index (χ3v) is 5.93. The Balaban J connectivity index is 1.61. The maximum Gasteiger partial charge on any atom is 0.237 e. The first kappa shape index (κ1) is 18.4. The number of carbonyl (C=O) groups is 1. The predicted octanol–water partition coefficient (Wildman–Crippen LogP) is 4.29.